The molecule has 2 bridgehead atoms. The van der Waals surface area contributed by atoms with Crippen LogP contribution in [0.3, 0.4) is 0 Å². The third-order valence-electron chi connectivity index (χ3n) is 8.19. The van der Waals surface area contributed by atoms with Crippen molar-refractivity contribution in [2.45, 2.75) is 18.8 Å². The fourth-order valence-corrected chi connectivity index (χ4v) is 6.57. The fourth-order valence-electron chi connectivity index (χ4n) is 6.57. The van der Waals surface area contributed by atoms with Gasteiger partial charge in [0, 0.05) is 11.3 Å². The predicted octanol–water partition coefficient (Wildman–Crippen LogP) is 4.65. The molecule has 3 amide bonds. The second-order valence-corrected chi connectivity index (χ2v) is 10.0. The molecule has 3 fully saturated rings. The van der Waals surface area contributed by atoms with E-state index in [1.807, 2.05) is 18.2 Å². The Bertz CT molecular complexity index is 1380. The number of hydrogen-bond donors (Lipinski definition) is 1. The molecule has 3 aromatic carbocycles. The Morgan fingerprint density at radius 2 is 1.46 bits per heavy atom. The van der Waals surface area contributed by atoms with E-state index in [-0.39, 0.29) is 41.4 Å². The Hall–Kier alpha value is -4.26. The minimum absolute atomic E-state index is 0.114. The normalized spacial score (nSPS) is 25.8. The van der Waals surface area contributed by atoms with Gasteiger partial charge in [-0.1, -0.05) is 30.3 Å². The van der Waals surface area contributed by atoms with Crippen LogP contribution in [0.4, 0.5) is 11.4 Å². The number of carbonyl (C=O) groups is 4. The third-order valence-corrected chi connectivity index (χ3v) is 8.19. The number of nitrogens with zero attached hydrogens (tertiary/aromatic N) is 1. The standard InChI is InChI=1S/C30H26N2O5/c1-37-30(36)19-7-11-21(12-8-19)31-27(33)18-9-13-22(14-10-18)32-28(34)25-20-15-23(17-5-3-2-4-6-17)24(16-20)26(25)29(32)35/h2-14,20,23-26H,15-16H2,1H3,(H,31,33)/t20-,23-,24+,25-,26-/m0/s1. The number of carbonyl (C=O) groups excluding carboxylic acids is 4. The van der Waals surface area contributed by atoms with Crippen LogP contribution in [0.1, 0.15) is 45.0 Å². The Kier molecular flexibility index (Phi) is 5.63. The van der Waals surface area contributed by atoms with Crippen LogP contribution in [0.25, 0.3) is 0 Å². The van der Waals surface area contributed by atoms with E-state index in [1.54, 1.807) is 48.5 Å². The van der Waals surface area contributed by atoms with Gasteiger partial charge in [0.05, 0.1) is 30.2 Å². The van der Waals surface area contributed by atoms with Crippen molar-refractivity contribution in [1.82, 2.24) is 0 Å². The summed E-state index contributed by atoms with van der Waals surface area (Å²) >= 11 is 0. The zero-order valence-corrected chi connectivity index (χ0v) is 20.3. The molecule has 0 aromatic heterocycles. The lowest BCUT2D eigenvalue weighted by molar-refractivity contribution is -0.123. The zero-order chi connectivity index (χ0) is 25.7. The van der Waals surface area contributed by atoms with Gasteiger partial charge in [-0.05, 0) is 84.7 Å². The van der Waals surface area contributed by atoms with E-state index in [0.717, 1.165) is 12.8 Å². The minimum Gasteiger partial charge on any atom is -0.465 e. The largest absolute Gasteiger partial charge is 0.465 e. The first kappa shape index (κ1) is 23.2. The Balaban J connectivity index is 1.16. The molecule has 0 radical (unpaired) electrons. The van der Waals surface area contributed by atoms with E-state index in [9.17, 15) is 19.2 Å². The first-order chi connectivity index (χ1) is 18.0. The summed E-state index contributed by atoms with van der Waals surface area (Å²) in [5.74, 6) is -0.795. The summed E-state index contributed by atoms with van der Waals surface area (Å²) < 4.78 is 4.68. The van der Waals surface area contributed by atoms with Gasteiger partial charge in [0.2, 0.25) is 11.8 Å². The van der Waals surface area contributed by atoms with Crippen LogP contribution in [0.2, 0.25) is 0 Å². The van der Waals surface area contributed by atoms with Crippen molar-refractivity contribution in [3.05, 3.63) is 95.6 Å². The minimum atomic E-state index is -0.452. The molecule has 1 saturated heterocycles. The number of benzene rings is 3. The van der Waals surface area contributed by atoms with E-state index < -0.39 is 5.97 Å². The number of fused-ring (bicyclic) bond motifs is 5. The van der Waals surface area contributed by atoms with Crippen LogP contribution >= 0.6 is 0 Å². The van der Waals surface area contributed by atoms with E-state index in [0.29, 0.717) is 28.4 Å². The molecule has 186 valence electrons. The van der Waals surface area contributed by atoms with Crippen LogP contribution in [-0.2, 0) is 14.3 Å². The van der Waals surface area contributed by atoms with Gasteiger partial charge in [0.25, 0.3) is 5.91 Å². The monoisotopic (exact) mass is 494 g/mol. The molecule has 5 atom stereocenters. The van der Waals surface area contributed by atoms with Crippen molar-refractivity contribution in [2.75, 3.05) is 17.3 Å². The summed E-state index contributed by atoms with van der Waals surface area (Å²) in [6, 6.07) is 23.2. The van der Waals surface area contributed by atoms with Gasteiger partial charge in [-0.25, -0.2) is 4.79 Å². The number of nitrogens with one attached hydrogen (secondary N) is 1. The second kappa shape index (κ2) is 9.00. The number of hydrogen-bond acceptors (Lipinski definition) is 5. The topological polar surface area (TPSA) is 92.8 Å². The van der Waals surface area contributed by atoms with E-state index in [4.69, 9.17) is 0 Å². The molecular weight excluding hydrogens is 468 g/mol. The predicted molar refractivity (Wildman–Crippen MR) is 137 cm³/mol. The maximum atomic E-state index is 13.5. The molecule has 1 heterocycles. The average Bonchev–Trinajstić information content (AvgIpc) is 3.60. The Morgan fingerprint density at radius 3 is 2.14 bits per heavy atom. The van der Waals surface area contributed by atoms with Gasteiger partial charge in [-0.15, -0.1) is 0 Å². The first-order valence-corrected chi connectivity index (χ1v) is 12.5. The van der Waals surface area contributed by atoms with Crippen LogP contribution in [-0.4, -0.2) is 30.8 Å². The number of amides is 3. The highest BCUT2D eigenvalue weighted by Gasteiger charge is 2.64. The molecule has 3 aromatic rings. The number of anilines is 2. The van der Waals surface area contributed by atoms with Crippen molar-refractivity contribution in [3.8, 4) is 0 Å². The zero-order valence-electron chi connectivity index (χ0n) is 20.3. The molecule has 2 saturated carbocycles. The second-order valence-electron chi connectivity index (χ2n) is 10.0. The molecule has 0 unspecified atom stereocenters. The molecule has 37 heavy (non-hydrogen) atoms. The average molecular weight is 495 g/mol. The molecule has 0 spiro atoms. The highest BCUT2D eigenvalue weighted by molar-refractivity contribution is 6.22. The number of methoxy groups -OCH3 is 1. The quantitative estimate of drug-likeness (QED) is 0.412. The molecule has 2 aliphatic carbocycles. The number of rotatable bonds is 5. The molecule has 3 aliphatic rings. The fraction of sp³-hybridized carbons (Fsp3) is 0.267. The van der Waals surface area contributed by atoms with Crippen molar-refractivity contribution in [2.24, 2.45) is 23.7 Å². The van der Waals surface area contributed by atoms with E-state index >= 15 is 0 Å². The van der Waals surface area contributed by atoms with Crippen LogP contribution in [0.15, 0.2) is 78.9 Å². The summed E-state index contributed by atoms with van der Waals surface area (Å²) in [4.78, 5) is 52.5. The molecule has 6 rings (SSSR count). The number of esters is 1. The lowest BCUT2D eigenvalue weighted by atomic mass is 9.73. The molecule has 7 nitrogen and oxygen atoms in total. The highest BCUT2D eigenvalue weighted by Crippen LogP contribution is 2.61. The van der Waals surface area contributed by atoms with E-state index in [1.165, 1.54) is 17.6 Å². The number of ether oxygens (including phenoxy) is 1. The summed E-state index contributed by atoms with van der Waals surface area (Å²) in [5.41, 5.74) is 3.06. The summed E-state index contributed by atoms with van der Waals surface area (Å²) in [6.45, 7) is 0. The lowest BCUT2D eigenvalue weighted by Gasteiger charge is -2.28. The van der Waals surface area contributed by atoms with Crippen molar-refractivity contribution >= 4 is 35.1 Å². The van der Waals surface area contributed by atoms with Crippen molar-refractivity contribution in [1.29, 1.82) is 0 Å². The van der Waals surface area contributed by atoms with Crippen molar-refractivity contribution < 1.29 is 23.9 Å². The Labute approximate surface area is 214 Å². The molecule has 1 N–H and O–H groups in total. The smallest absolute Gasteiger partial charge is 0.337 e. The third kappa shape index (κ3) is 3.82. The maximum Gasteiger partial charge on any atom is 0.337 e. The van der Waals surface area contributed by atoms with Gasteiger partial charge < -0.3 is 10.1 Å². The van der Waals surface area contributed by atoms with Crippen molar-refractivity contribution in [3.63, 3.8) is 0 Å². The Morgan fingerprint density at radius 1 is 0.811 bits per heavy atom. The van der Waals surface area contributed by atoms with Gasteiger partial charge in [0.1, 0.15) is 0 Å². The maximum absolute atomic E-state index is 13.5. The molecule has 7 heteroatoms. The summed E-state index contributed by atoms with van der Waals surface area (Å²) in [7, 11) is 1.31. The SMILES string of the molecule is COC(=O)c1ccc(NC(=O)c2ccc(N3C(=O)[C@H]4[C@@H]5C[C@@H]([C@@H]4C3=O)[C@H](c3ccccc3)C5)cc2)cc1. The molecule has 1 aliphatic heterocycles. The van der Waals surface area contributed by atoms with E-state index in [2.05, 4.69) is 22.2 Å². The number of imide groups is 1. The highest BCUT2D eigenvalue weighted by atomic mass is 16.5. The van der Waals surface area contributed by atoms with Gasteiger partial charge in [0.15, 0.2) is 0 Å². The van der Waals surface area contributed by atoms with Crippen LogP contribution in [0, 0.1) is 23.7 Å². The van der Waals surface area contributed by atoms with Gasteiger partial charge in [-0.3, -0.25) is 19.3 Å². The van der Waals surface area contributed by atoms with Gasteiger partial charge >= 0.3 is 5.97 Å². The van der Waals surface area contributed by atoms with Crippen LogP contribution < -0.4 is 10.2 Å². The summed E-state index contributed by atoms with van der Waals surface area (Å²) in [5, 5.41) is 2.78. The van der Waals surface area contributed by atoms with Crippen LogP contribution in [0.5, 0.6) is 0 Å². The molecular formula is C30H26N2O5. The summed E-state index contributed by atoms with van der Waals surface area (Å²) in [6.07, 6.45) is 1.88. The lowest BCUT2D eigenvalue weighted by Crippen LogP contribution is -2.33. The first-order valence-electron chi connectivity index (χ1n) is 12.5. The van der Waals surface area contributed by atoms with Gasteiger partial charge in [-0.2, -0.15) is 0 Å².